The maximum absolute atomic E-state index is 12.2. The molecule has 0 bridgehead atoms. The highest BCUT2D eigenvalue weighted by Crippen LogP contribution is 2.40. The summed E-state index contributed by atoms with van der Waals surface area (Å²) in [6, 6.07) is 11.3. The van der Waals surface area contributed by atoms with E-state index in [0.717, 1.165) is 28.2 Å². The smallest absolute Gasteiger partial charge is 0.167 e. The molecular formula is C20H22O4. The molecule has 1 aliphatic carbocycles. The first kappa shape index (κ1) is 16.4. The van der Waals surface area contributed by atoms with Gasteiger partial charge in [-0.05, 0) is 54.3 Å². The molecule has 1 atom stereocenters. The summed E-state index contributed by atoms with van der Waals surface area (Å²) in [5.74, 6) is 2.67. The molecule has 4 heteroatoms. The van der Waals surface area contributed by atoms with Crippen LogP contribution in [0, 0.1) is 6.92 Å². The van der Waals surface area contributed by atoms with E-state index >= 15 is 0 Å². The first-order chi connectivity index (χ1) is 11.6. The highest BCUT2D eigenvalue weighted by Gasteiger charge is 2.30. The van der Waals surface area contributed by atoms with E-state index in [-0.39, 0.29) is 11.7 Å². The van der Waals surface area contributed by atoms with Crippen LogP contribution in [0.1, 0.15) is 40.7 Å². The number of aryl methyl sites for hydroxylation is 1. The topological polar surface area (TPSA) is 44.8 Å². The zero-order chi connectivity index (χ0) is 17.1. The lowest BCUT2D eigenvalue weighted by Gasteiger charge is -2.14. The van der Waals surface area contributed by atoms with E-state index in [1.165, 1.54) is 0 Å². The van der Waals surface area contributed by atoms with Crippen molar-refractivity contribution in [1.82, 2.24) is 0 Å². The van der Waals surface area contributed by atoms with Gasteiger partial charge in [0.2, 0.25) is 0 Å². The van der Waals surface area contributed by atoms with Crippen LogP contribution in [0.4, 0.5) is 0 Å². The van der Waals surface area contributed by atoms with Crippen LogP contribution in [0.15, 0.2) is 36.4 Å². The Labute approximate surface area is 142 Å². The van der Waals surface area contributed by atoms with E-state index in [0.29, 0.717) is 25.4 Å². The summed E-state index contributed by atoms with van der Waals surface area (Å²) in [7, 11) is 1.63. The molecule has 0 saturated heterocycles. The molecule has 1 aliphatic rings. The van der Waals surface area contributed by atoms with Crippen LogP contribution >= 0.6 is 0 Å². The van der Waals surface area contributed by atoms with E-state index in [1.54, 1.807) is 7.11 Å². The fraction of sp³-hybridized carbons (Fsp3) is 0.350. The minimum absolute atomic E-state index is 0.173. The van der Waals surface area contributed by atoms with Crippen molar-refractivity contribution in [3.63, 3.8) is 0 Å². The van der Waals surface area contributed by atoms with Gasteiger partial charge in [-0.3, -0.25) is 4.79 Å². The van der Waals surface area contributed by atoms with Crippen LogP contribution < -0.4 is 14.2 Å². The zero-order valence-corrected chi connectivity index (χ0v) is 14.3. The van der Waals surface area contributed by atoms with Crippen LogP contribution in [0.5, 0.6) is 17.2 Å². The van der Waals surface area contributed by atoms with Crippen molar-refractivity contribution in [2.24, 2.45) is 0 Å². The van der Waals surface area contributed by atoms with Crippen molar-refractivity contribution in [2.75, 3.05) is 20.3 Å². The number of carbonyl (C=O) groups is 1. The molecule has 2 aromatic carbocycles. The van der Waals surface area contributed by atoms with Crippen LogP contribution in [0.25, 0.3) is 0 Å². The van der Waals surface area contributed by atoms with Gasteiger partial charge in [0, 0.05) is 6.42 Å². The average molecular weight is 326 g/mol. The molecule has 0 aliphatic heterocycles. The lowest BCUT2D eigenvalue weighted by Crippen LogP contribution is -2.11. The van der Waals surface area contributed by atoms with Gasteiger partial charge in [0.05, 0.1) is 12.7 Å². The summed E-state index contributed by atoms with van der Waals surface area (Å²) in [5, 5.41) is 0. The fourth-order valence-corrected chi connectivity index (χ4v) is 3.21. The number of benzene rings is 2. The Morgan fingerprint density at radius 2 is 1.67 bits per heavy atom. The van der Waals surface area contributed by atoms with Gasteiger partial charge in [-0.1, -0.05) is 13.0 Å². The van der Waals surface area contributed by atoms with Gasteiger partial charge < -0.3 is 14.2 Å². The highest BCUT2D eigenvalue weighted by atomic mass is 16.5. The van der Waals surface area contributed by atoms with Crippen LogP contribution in [0.3, 0.4) is 0 Å². The Morgan fingerprint density at radius 3 is 2.38 bits per heavy atom. The van der Waals surface area contributed by atoms with E-state index in [4.69, 9.17) is 14.2 Å². The Bertz CT molecular complexity index is 734. The van der Waals surface area contributed by atoms with Crippen LogP contribution in [-0.4, -0.2) is 26.1 Å². The third-order valence-corrected chi connectivity index (χ3v) is 4.36. The Hall–Kier alpha value is -2.49. The molecule has 2 aromatic rings. The largest absolute Gasteiger partial charge is 0.497 e. The number of rotatable bonds is 6. The first-order valence-corrected chi connectivity index (χ1v) is 8.16. The van der Waals surface area contributed by atoms with Crippen LogP contribution in [0.2, 0.25) is 0 Å². The molecule has 4 nitrogen and oxygen atoms in total. The summed E-state index contributed by atoms with van der Waals surface area (Å²) < 4.78 is 16.6. The summed E-state index contributed by atoms with van der Waals surface area (Å²) in [5.41, 5.74) is 3.05. The average Bonchev–Trinajstić information content (AvgIpc) is 2.89. The predicted octanol–water partition coefficient (Wildman–Crippen LogP) is 4.15. The van der Waals surface area contributed by atoms with Gasteiger partial charge in [-0.15, -0.1) is 0 Å². The number of hydrogen-bond donors (Lipinski definition) is 0. The van der Waals surface area contributed by atoms with Gasteiger partial charge in [-0.25, -0.2) is 0 Å². The summed E-state index contributed by atoms with van der Waals surface area (Å²) >= 11 is 0. The third-order valence-electron chi connectivity index (χ3n) is 4.36. The Kier molecular flexibility index (Phi) is 4.74. The molecule has 0 N–H and O–H groups in total. The molecule has 0 amide bonds. The lowest BCUT2D eigenvalue weighted by molar-refractivity contribution is 0.0985. The van der Waals surface area contributed by atoms with Crippen molar-refractivity contribution >= 4 is 5.78 Å². The number of carbonyl (C=O) groups excluding carboxylic acids is 1. The van der Waals surface area contributed by atoms with Gasteiger partial charge in [0.25, 0.3) is 0 Å². The van der Waals surface area contributed by atoms with Crippen molar-refractivity contribution in [3.05, 3.63) is 53.1 Å². The van der Waals surface area contributed by atoms with Gasteiger partial charge in [-0.2, -0.15) is 0 Å². The maximum Gasteiger partial charge on any atom is 0.167 e. The molecule has 0 heterocycles. The predicted molar refractivity (Wildman–Crippen MR) is 92.5 cm³/mol. The molecule has 0 aromatic heterocycles. The molecule has 0 radical (unpaired) electrons. The van der Waals surface area contributed by atoms with Crippen molar-refractivity contribution in [1.29, 1.82) is 0 Å². The number of methoxy groups -OCH3 is 1. The second-order valence-corrected chi connectivity index (χ2v) is 6.07. The number of fused-ring (bicyclic) bond motifs is 1. The van der Waals surface area contributed by atoms with Gasteiger partial charge >= 0.3 is 0 Å². The minimum atomic E-state index is 0.173. The Balaban J connectivity index is 1.60. The standard InChI is InChI=1S/C20H22O4/c1-13-4-9-18(20-17(21)12-14(2)19(13)20)24-11-10-23-16-7-5-15(22-3)6-8-16/h4-9,14H,10-12H2,1-3H3/t14-/m0/s1. The summed E-state index contributed by atoms with van der Waals surface area (Å²) in [6.45, 7) is 4.94. The quantitative estimate of drug-likeness (QED) is 0.748. The van der Waals surface area contributed by atoms with E-state index in [1.807, 2.05) is 43.3 Å². The number of ketones is 1. The van der Waals surface area contributed by atoms with E-state index in [9.17, 15) is 4.79 Å². The van der Waals surface area contributed by atoms with Crippen molar-refractivity contribution in [3.8, 4) is 17.2 Å². The molecule has 0 saturated carbocycles. The number of Topliss-reactive ketones (excluding diaryl/α,β-unsaturated/α-hetero) is 1. The maximum atomic E-state index is 12.2. The molecule has 0 unspecified atom stereocenters. The third kappa shape index (κ3) is 3.23. The van der Waals surface area contributed by atoms with Crippen molar-refractivity contribution in [2.45, 2.75) is 26.2 Å². The molecule has 0 spiro atoms. The van der Waals surface area contributed by atoms with Crippen LogP contribution in [-0.2, 0) is 0 Å². The fourth-order valence-electron chi connectivity index (χ4n) is 3.21. The zero-order valence-electron chi connectivity index (χ0n) is 14.3. The van der Waals surface area contributed by atoms with E-state index in [2.05, 4.69) is 6.92 Å². The summed E-state index contributed by atoms with van der Waals surface area (Å²) in [4.78, 5) is 12.2. The second-order valence-electron chi connectivity index (χ2n) is 6.07. The molecule has 126 valence electrons. The SMILES string of the molecule is COc1ccc(OCCOc2ccc(C)c3c2C(=O)C[C@@H]3C)cc1. The molecule has 24 heavy (non-hydrogen) atoms. The lowest BCUT2D eigenvalue weighted by atomic mass is 9.97. The van der Waals surface area contributed by atoms with Gasteiger partial charge in [0.1, 0.15) is 30.5 Å². The highest BCUT2D eigenvalue weighted by molar-refractivity contribution is 6.04. The van der Waals surface area contributed by atoms with E-state index < -0.39 is 0 Å². The van der Waals surface area contributed by atoms with Gasteiger partial charge in [0.15, 0.2) is 5.78 Å². The minimum Gasteiger partial charge on any atom is -0.497 e. The number of hydrogen-bond acceptors (Lipinski definition) is 4. The number of ether oxygens (including phenoxy) is 3. The Morgan fingerprint density at radius 1 is 1.00 bits per heavy atom. The second kappa shape index (κ2) is 6.95. The summed E-state index contributed by atoms with van der Waals surface area (Å²) in [6.07, 6.45) is 0.568. The molecule has 0 fully saturated rings. The molecule has 3 rings (SSSR count). The monoisotopic (exact) mass is 326 g/mol. The van der Waals surface area contributed by atoms with Crippen molar-refractivity contribution < 1.29 is 19.0 Å². The molecular weight excluding hydrogens is 304 g/mol. The normalized spacial score (nSPS) is 16.0. The first-order valence-electron chi connectivity index (χ1n) is 8.16.